The third kappa shape index (κ3) is 3.07. The van der Waals surface area contributed by atoms with Crippen molar-refractivity contribution >= 4 is 22.0 Å². The average Bonchev–Trinajstić information content (AvgIpc) is 2.21. The molecule has 0 heterocycles. The van der Waals surface area contributed by atoms with Crippen LogP contribution in [0.4, 0.5) is 0 Å². The van der Waals surface area contributed by atoms with E-state index in [4.69, 9.17) is 4.74 Å². The number of allylic oxidation sites excluding steroid dienone is 1. The van der Waals surface area contributed by atoms with Crippen molar-refractivity contribution in [1.82, 2.24) is 0 Å². The summed E-state index contributed by atoms with van der Waals surface area (Å²) in [4.78, 5) is 0. The van der Waals surface area contributed by atoms with E-state index in [-0.39, 0.29) is 5.75 Å². The summed E-state index contributed by atoms with van der Waals surface area (Å²) in [5.74, 6) is 1.03. The van der Waals surface area contributed by atoms with Gasteiger partial charge in [-0.2, -0.15) is 0 Å². The van der Waals surface area contributed by atoms with Gasteiger partial charge in [-0.3, -0.25) is 0 Å². The van der Waals surface area contributed by atoms with Gasteiger partial charge in [-0.25, -0.2) is 0 Å². The second kappa shape index (κ2) is 5.70. The molecule has 0 fully saturated rings. The van der Waals surface area contributed by atoms with E-state index in [1.54, 1.807) is 25.3 Å². The number of aromatic hydroxyl groups is 1. The third-order valence-electron chi connectivity index (χ3n) is 1.81. The number of methoxy groups -OCH3 is 1. The molecule has 0 atom stereocenters. The van der Waals surface area contributed by atoms with E-state index < -0.39 is 0 Å². The van der Waals surface area contributed by atoms with Gasteiger partial charge in [-0.05, 0) is 24.6 Å². The molecule has 0 aliphatic rings. The second-order valence-corrected chi connectivity index (χ2v) is 3.60. The highest BCUT2D eigenvalue weighted by molar-refractivity contribution is 9.09. The monoisotopic (exact) mass is 256 g/mol. The number of halogens is 1. The summed E-state index contributed by atoms with van der Waals surface area (Å²) in [6, 6.07) is 5.17. The van der Waals surface area contributed by atoms with Gasteiger partial charge in [0.15, 0.2) is 0 Å². The Kier molecular flexibility index (Phi) is 4.53. The zero-order valence-corrected chi connectivity index (χ0v) is 9.62. The molecule has 3 heteroatoms. The first-order valence-electron chi connectivity index (χ1n) is 4.37. The lowest BCUT2D eigenvalue weighted by molar-refractivity contribution is 0.412. The molecule has 0 amide bonds. The van der Waals surface area contributed by atoms with Crippen LogP contribution in [0, 0.1) is 0 Å². The van der Waals surface area contributed by atoms with Crippen LogP contribution in [-0.4, -0.2) is 17.5 Å². The van der Waals surface area contributed by atoms with Crippen LogP contribution >= 0.6 is 15.9 Å². The van der Waals surface area contributed by atoms with Gasteiger partial charge in [0.1, 0.15) is 11.5 Å². The number of phenolic OH excluding ortho intramolecular Hbond substituents is 1. The normalized spacial score (nSPS) is 10.7. The third-order valence-corrected chi connectivity index (χ3v) is 2.27. The number of hydrogen-bond acceptors (Lipinski definition) is 2. The van der Waals surface area contributed by atoms with E-state index in [0.29, 0.717) is 0 Å². The van der Waals surface area contributed by atoms with E-state index in [1.807, 2.05) is 12.2 Å². The molecule has 0 aromatic heterocycles. The van der Waals surface area contributed by atoms with Crippen LogP contribution in [0.15, 0.2) is 24.3 Å². The first-order chi connectivity index (χ1) is 6.77. The van der Waals surface area contributed by atoms with Crippen LogP contribution in [0.1, 0.15) is 12.0 Å². The highest BCUT2D eigenvalue weighted by atomic mass is 79.9. The Balaban J connectivity index is 2.83. The van der Waals surface area contributed by atoms with Gasteiger partial charge in [-0.1, -0.05) is 28.1 Å². The van der Waals surface area contributed by atoms with Gasteiger partial charge >= 0.3 is 0 Å². The summed E-state index contributed by atoms with van der Waals surface area (Å²) in [7, 11) is 1.61. The largest absolute Gasteiger partial charge is 0.507 e. The molecular formula is C11H13BrO2. The van der Waals surface area contributed by atoms with Crippen LogP contribution < -0.4 is 4.74 Å². The van der Waals surface area contributed by atoms with Crippen LogP contribution in [-0.2, 0) is 0 Å². The van der Waals surface area contributed by atoms with Crippen LogP contribution in [0.3, 0.4) is 0 Å². The molecule has 0 spiro atoms. The predicted molar refractivity (Wildman–Crippen MR) is 62.1 cm³/mol. The number of rotatable bonds is 4. The lowest BCUT2D eigenvalue weighted by Crippen LogP contribution is -1.83. The van der Waals surface area contributed by atoms with Gasteiger partial charge in [0.2, 0.25) is 0 Å². The number of ether oxygens (including phenoxy) is 1. The fourth-order valence-electron chi connectivity index (χ4n) is 1.07. The molecule has 0 saturated heterocycles. The molecule has 1 aromatic rings. The molecule has 14 heavy (non-hydrogen) atoms. The van der Waals surface area contributed by atoms with Crippen molar-refractivity contribution in [2.45, 2.75) is 6.42 Å². The summed E-state index contributed by atoms with van der Waals surface area (Å²) in [6.45, 7) is 0. The van der Waals surface area contributed by atoms with Crippen molar-refractivity contribution < 1.29 is 9.84 Å². The van der Waals surface area contributed by atoms with Gasteiger partial charge in [0, 0.05) is 10.9 Å². The zero-order chi connectivity index (χ0) is 10.4. The van der Waals surface area contributed by atoms with E-state index in [9.17, 15) is 5.11 Å². The van der Waals surface area contributed by atoms with Crippen molar-refractivity contribution in [2.75, 3.05) is 12.4 Å². The minimum absolute atomic E-state index is 0.275. The maximum Gasteiger partial charge on any atom is 0.123 e. The van der Waals surface area contributed by atoms with Crippen molar-refractivity contribution in [3.63, 3.8) is 0 Å². The van der Waals surface area contributed by atoms with Crippen LogP contribution in [0.5, 0.6) is 11.5 Å². The minimum atomic E-state index is 0.275. The SMILES string of the molecule is COc1ccc(O)c(C=CCCBr)c1. The number of hydrogen-bond donors (Lipinski definition) is 1. The fourth-order valence-corrected chi connectivity index (χ4v) is 1.33. The lowest BCUT2D eigenvalue weighted by atomic mass is 10.1. The maximum absolute atomic E-state index is 9.51. The summed E-state index contributed by atoms with van der Waals surface area (Å²) in [5.41, 5.74) is 0.783. The first kappa shape index (κ1) is 11.1. The Labute approximate surface area is 92.3 Å². The summed E-state index contributed by atoms with van der Waals surface area (Å²) < 4.78 is 5.06. The van der Waals surface area contributed by atoms with Gasteiger partial charge in [0.05, 0.1) is 7.11 Å². The number of phenols is 1. The smallest absolute Gasteiger partial charge is 0.123 e. The Bertz CT molecular complexity index is 321. The van der Waals surface area contributed by atoms with E-state index in [0.717, 1.165) is 23.1 Å². The molecular weight excluding hydrogens is 244 g/mol. The Morgan fingerprint density at radius 3 is 2.93 bits per heavy atom. The topological polar surface area (TPSA) is 29.5 Å². The molecule has 1 N–H and O–H groups in total. The van der Waals surface area contributed by atoms with Crippen molar-refractivity contribution in [3.8, 4) is 11.5 Å². The quantitative estimate of drug-likeness (QED) is 0.839. The average molecular weight is 257 g/mol. The fraction of sp³-hybridized carbons (Fsp3) is 0.273. The Morgan fingerprint density at radius 1 is 1.50 bits per heavy atom. The standard InChI is InChI=1S/C11H13BrO2/c1-14-10-5-6-11(13)9(8-10)4-2-3-7-12/h2,4-6,8,13H,3,7H2,1H3. The van der Waals surface area contributed by atoms with Crippen molar-refractivity contribution in [3.05, 3.63) is 29.8 Å². The van der Waals surface area contributed by atoms with E-state index in [1.165, 1.54) is 0 Å². The van der Waals surface area contributed by atoms with Gasteiger partial charge in [-0.15, -0.1) is 0 Å². The predicted octanol–water partition coefficient (Wildman–Crippen LogP) is 3.20. The lowest BCUT2D eigenvalue weighted by Gasteiger charge is -2.02. The van der Waals surface area contributed by atoms with Crippen molar-refractivity contribution in [1.29, 1.82) is 0 Å². The second-order valence-electron chi connectivity index (χ2n) is 2.80. The van der Waals surface area contributed by atoms with E-state index >= 15 is 0 Å². The maximum atomic E-state index is 9.51. The molecule has 76 valence electrons. The highest BCUT2D eigenvalue weighted by Crippen LogP contribution is 2.24. The highest BCUT2D eigenvalue weighted by Gasteiger charge is 1.98. The molecule has 1 aromatic carbocycles. The Hall–Kier alpha value is -0.960. The molecule has 0 aliphatic carbocycles. The zero-order valence-electron chi connectivity index (χ0n) is 8.03. The molecule has 0 radical (unpaired) electrons. The summed E-state index contributed by atoms with van der Waals surface area (Å²) in [5, 5.41) is 10.4. The molecule has 1 rings (SSSR count). The van der Waals surface area contributed by atoms with Gasteiger partial charge in [0.25, 0.3) is 0 Å². The molecule has 2 nitrogen and oxygen atoms in total. The summed E-state index contributed by atoms with van der Waals surface area (Å²) >= 11 is 3.33. The minimum Gasteiger partial charge on any atom is -0.507 e. The molecule has 0 aliphatic heterocycles. The molecule has 0 unspecified atom stereocenters. The van der Waals surface area contributed by atoms with Crippen LogP contribution in [0.25, 0.3) is 6.08 Å². The van der Waals surface area contributed by atoms with E-state index in [2.05, 4.69) is 15.9 Å². The number of alkyl halides is 1. The first-order valence-corrected chi connectivity index (χ1v) is 5.49. The number of benzene rings is 1. The molecule has 0 saturated carbocycles. The van der Waals surface area contributed by atoms with Crippen LogP contribution in [0.2, 0.25) is 0 Å². The van der Waals surface area contributed by atoms with Gasteiger partial charge < -0.3 is 9.84 Å². The Morgan fingerprint density at radius 2 is 2.29 bits per heavy atom. The molecule has 0 bridgehead atoms. The van der Waals surface area contributed by atoms with Crippen molar-refractivity contribution in [2.24, 2.45) is 0 Å². The summed E-state index contributed by atoms with van der Waals surface area (Å²) in [6.07, 6.45) is 4.83.